The van der Waals surface area contributed by atoms with Crippen molar-refractivity contribution in [2.45, 2.75) is 13.1 Å². The number of alkyl halides is 1. The number of halogens is 1. The largest absolute Gasteiger partial charge is 0.467 e. The second kappa shape index (κ2) is 4.22. The average molecular weight is 149 g/mol. The number of rotatable bonds is 3. The number of carbonyl (C=O) groups excluding carboxylic acids is 1. The Morgan fingerprint density at radius 2 is 2.30 bits per heavy atom. The fourth-order valence-electron chi connectivity index (χ4n) is 0.464. The lowest BCUT2D eigenvalue weighted by Gasteiger charge is -2.10. The van der Waals surface area contributed by atoms with Crippen molar-refractivity contribution in [2.24, 2.45) is 11.7 Å². The summed E-state index contributed by atoms with van der Waals surface area (Å²) in [5, 5.41) is 0. The molecule has 0 saturated heterocycles. The smallest absolute Gasteiger partial charge is 0.340 e. The van der Waals surface area contributed by atoms with Gasteiger partial charge >= 0.3 is 5.97 Å². The molecule has 10 heavy (non-hydrogen) atoms. The minimum Gasteiger partial charge on any atom is -0.467 e. The second-order valence-corrected chi connectivity index (χ2v) is 2.14. The van der Waals surface area contributed by atoms with Crippen LogP contribution in [0.5, 0.6) is 0 Å². The van der Waals surface area contributed by atoms with Gasteiger partial charge < -0.3 is 10.5 Å². The summed E-state index contributed by atoms with van der Waals surface area (Å²) in [5.74, 6) is -1.31. The third-order valence-electron chi connectivity index (χ3n) is 1.30. The van der Waals surface area contributed by atoms with Gasteiger partial charge in [0.2, 0.25) is 6.17 Å². The van der Waals surface area contributed by atoms with Crippen LogP contribution in [0.4, 0.5) is 4.39 Å². The Hall–Kier alpha value is -0.640. The van der Waals surface area contributed by atoms with E-state index in [4.69, 9.17) is 5.73 Å². The summed E-state index contributed by atoms with van der Waals surface area (Å²) in [4.78, 5) is 10.5. The summed E-state index contributed by atoms with van der Waals surface area (Å²) in [6.45, 7) is 1.71. The van der Waals surface area contributed by atoms with Gasteiger partial charge in [0, 0.05) is 5.92 Å². The van der Waals surface area contributed by atoms with Crippen molar-refractivity contribution in [3.05, 3.63) is 0 Å². The Labute approximate surface area is 59.3 Å². The maximum Gasteiger partial charge on any atom is 0.340 e. The summed E-state index contributed by atoms with van der Waals surface area (Å²) in [6.07, 6.45) is -1.59. The van der Waals surface area contributed by atoms with E-state index in [-0.39, 0.29) is 6.54 Å². The van der Waals surface area contributed by atoms with Crippen molar-refractivity contribution in [2.75, 3.05) is 13.7 Å². The molecule has 0 aromatic carbocycles. The van der Waals surface area contributed by atoms with Crippen LogP contribution >= 0.6 is 0 Å². The number of methoxy groups -OCH3 is 1. The first-order chi connectivity index (χ1) is 4.63. The Morgan fingerprint density at radius 3 is 2.60 bits per heavy atom. The molecule has 0 radical (unpaired) electrons. The van der Waals surface area contributed by atoms with E-state index in [1.165, 1.54) is 0 Å². The molecule has 2 atom stereocenters. The summed E-state index contributed by atoms with van der Waals surface area (Å²) >= 11 is 0. The first kappa shape index (κ1) is 9.36. The average Bonchev–Trinajstić information content (AvgIpc) is 2.00. The van der Waals surface area contributed by atoms with Gasteiger partial charge in [0.05, 0.1) is 7.11 Å². The Bertz CT molecular complexity index is 118. The molecular weight excluding hydrogens is 137 g/mol. The highest BCUT2D eigenvalue weighted by Crippen LogP contribution is 2.06. The van der Waals surface area contributed by atoms with Crippen LogP contribution < -0.4 is 5.73 Å². The number of hydrogen-bond acceptors (Lipinski definition) is 3. The van der Waals surface area contributed by atoms with E-state index < -0.39 is 18.1 Å². The molecule has 0 heterocycles. The number of esters is 1. The van der Waals surface area contributed by atoms with Crippen LogP contribution in [-0.2, 0) is 9.53 Å². The van der Waals surface area contributed by atoms with Crippen molar-refractivity contribution in [1.29, 1.82) is 0 Å². The van der Waals surface area contributed by atoms with E-state index in [0.717, 1.165) is 7.11 Å². The van der Waals surface area contributed by atoms with Crippen LogP contribution in [0, 0.1) is 5.92 Å². The molecular formula is C6H12FNO2. The topological polar surface area (TPSA) is 52.3 Å². The highest BCUT2D eigenvalue weighted by Gasteiger charge is 2.23. The van der Waals surface area contributed by atoms with Crippen molar-refractivity contribution in [3.8, 4) is 0 Å². The van der Waals surface area contributed by atoms with Crippen molar-refractivity contribution < 1.29 is 13.9 Å². The molecule has 0 saturated carbocycles. The number of carbonyl (C=O) groups is 1. The number of ether oxygens (including phenoxy) is 1. The van der Waals surface area contributed by atoms with Crippen LogP contribution in [0.1, 0.15) is 6.92 Å². The Kier molecular flexibility index (Phi) is 3.95. The van der Waals surface area contributed by atoms with Crippen molar-refractivity contribution in [1.82, 2.24) is 0 Å². The van der Waals surface area contributed by atoms with E-state index in [0.29, 0.717) is 0 Å². The van der Waals surface area contributed by atoms with Gasteiger partial charge in [0.1, 0.15) is 0 Å². The molecule has 0 aliphatic heterocycles. The van der Waals surface area contributed by atoms with E-state index >= 15 is 0 Å². The van der Waals surface area contributed by atoms with Gasteiger partial charge in [-0.05, 0) is 6.54 Å². The van der Waals surface area contributed by atoms with E-state index in [9.17, 15) is 9.18 Å². The normalized spacial score (nSPS) is 16.0. The molecule has 0 amide bonds. The molecule has 0 aromatic rings. The van der Waals surface area contributed by atoms with E-state index in [1.807, 2.05) is 0 Å². The zero-order chi connectivity index (χ0) is 8.15. The molecule has 0 aliphatic carbocycles. The van der Waals surface area contributed by atoms with Crippen molar-refractivity contribution >= 4 is 5.97 Å². The van der Waals surface area contributed by atoms with Crippen LogP contribution in [0.3, 0.4) is 0 Å². The quantitative estimate of drug-likeness (QED) is 0.579. The Balaban J connectivity index is 3.81. The predicted octanol–water partition coefficient (Wildman–Crippen LogP) is 0.0923. The molecule has 0 aromatic heterocycles. The number of hydrogen-bond donors (Lipinski definition) is 1. The highest BCUT2D eigenvalue weighted by molar-refractivity contribution is 5.74. The summed E-state index contributed by atoms with van der Waals surface area (Å²) in [5.41, 5.74) is 5.12. The van der Waals surface area contributed by atoms with Gasteiger partial charge in [0.25, 0.3) is 0 Å². The molecule has 0 spiro atoms. The zero-order valence-electron chi connectivity index (χ0n) is 6.13. The van der Waals surface area contributed by atoms with Gasteiger partial charge in [0.15, 0.2) is 0 Å². The van der Waals surface area contributed by atoms with Crippen molar-refractivity contribution in [3.63, 3.8) is 0 Å². The molecule has 0 rings (SSSR count). The minimum absolute atomic E-state index is 0.149. The first-order valence-electron chi connectivity index (χ1n) is 3.05. The van der Waals surface area contributed by atoms with Gasteiger partial charge in [-0.2, -0.15) is 0 Å². The third-order valence-corrected chi connectivity index (χ3v) is 1.30. The lowest BCUT2D eigenvalue weighted by molar-refractivity contribution is -0.148. The van der Waals surface area contributed by atoms with Crippen LogP contribution in [0.2, 0.25) is 0 Å². The van der Waals surface area contributed by atoms with Gasteiger partial charge in [-0.3, -0.25) is 0 Å². The second-order valence-electron chi connectivity index (χ2n) is 2.14. The third kappa shape index (κ3) is 2.31. The summed E-state index contributed by atoms with van der Waals surface area (Å²) < 4.78 is 16.8. The van der Waals surface area contributed by atoms with Gasteiger partial charge in [-0.25, -0.2) is 9.18 Å². The molecule has 0 fully saturated rings. The predicted molar refractivity (Wildman–Crippen MR) is 35.1 cm³/mol. The van der Waals surface area contributed by atoms with Gasteiger partial charge in [-0.1, -0.05) is 6.92 Å². The first-order valence-corrected chi connectivity index (χ1v) is 3.05. The molecule has 0 bridgehead atoms. The van der Waals surface area contributed by atoms with E-state index in [1.54, 1.807) is 6.92 Å². The monoisotopic (exact) mass is 149 g/mol. The fraction of sp³-hybridized carbons (Fsp3) is 0.833. The molecule has 0 aliphatic rings. The maximum absolute atomic E-state index is 12.6. The lowest BCUT2D eigenvalue weighted by atomic mass is 10.1. The SMILES string of the molecule is COC(=O)C(F)C(C)CN. The zero-order valence-corrected chi connectivity index (χ0v) is 6.13. The van der Waals surface area contributed by atoms with Crippen LogP contribution in [0.25, 0.3) is 0 Å². The molecule has 4 heteroatoms. The Morgan fingerprint density at radius 1 is 1.80 bits per heavy atom. The molecule has 2 unspecified atom stereocenters. The van der Waals surface area contributed by atoms with Crippen LogP contribution in [-0.4, -0.2) is 25.8 Å². The fourth-order valence-corrected chi connectivity index (χ4v) is 0.464. The molecule has 60 valence electrons. The van der Waals surface area contributed by atoms with Crippen LogP contribution in [0.15, 0.2) is 0 Å². The van der Waals surface area contributed by atoms with Gasteiger partial charge in [-0.15, -0.1) is 0 Å². The van der Waals surface area contributed by atoms with E-state index in [2.05, 4.69) is 4.74 Å². The molecule has 3 nitrogen and oxygen atoms in total. The maximum atomic E-state index is 12.6. The summed E-state index contributed by atoms with van der Waals surface area (Å²) in [7, 11) is 1.15. The standard InChI is InChI=1S/C6H12FNO2/c1-4(3-8)5(7)6(9)10-2/h4-5H,3,8H2,1-2H3. The molecule has 2 N–H and O–H groups in total. The lowest BCUT2D eigenvalue weighted by Crippen LogP contribution is -2.29. The number of nitrogens with two attached hydrogens (primary N) is 1. The minimum atomic E-state index is -1.59. The summed E-state index contributed by atoms with van der Waals surface area (Å²) in [6, 6.07) is 0. The highest BCUT2D eigenvalue weighted by atomic mass is 19.1.